The molecule has 0 aliphatic rings. The van der Waals surface area contributed by atoms with Gasteiger partial charge >= 0.3 is 0 Å². The second-order valence-electron chi connectivity index (χ2n) is 2.45. The van der Waals surface area contributed by atoms with Gasteiger partial charge in [0.2, 0.25) is 0 Å². The number of rotatable bonds is 1. The predicted molar refractivity (Wildman–Crippen MR) is 50.4 cm³/mol. The van der Waals surface area contributed by atoms with E-state index in [0.29, 0.717) is 11.0 Å². The topological polar surface area (TPSA) is 71.8 Å². The number of fused-ring (bicyclic) bond motifs is 1. The number of hydrogen-bond acceptors (Lipinski definition) is 3. The van der Waals surface area contributed by atoms with Crippen LogP contribution in [0.5, 0.6) is 0 Å². The molecular weight excluding hydrogens is 238 g/mol. The zero-order valence-electron chi connectivity index (χ0n) is 6.32. The van der Waals surface area contributed by atoms with E-state index in [2.05, 4.69) is 25.9 Å². The minimum absolute atomic E-state index is 0.0134. The fourth-order valence-corrected chi connectivity index (χ4v) is 1.57. The Labute approximate surface area is 81.1 Å². The zero-order chi connectivity index (χ0) is 9.42. The van der Waals surface area contributed by atoms with Gasteiger partial charge in [0.05, 0.1) is 16.8 Å². The van der Waals surface area contributed by atoms with Crippen molar-refractivity contribution in [2.75, 3.05) is 0 Å². The van der Waals surface area contributed by atoms with E-state index in [1.807, 2.05) is 0 Å². The van der Waals surface area contributed by atoms with E-state index in [4.69, 9.17) is 0 Å². The number of H-pyrrole nitrogens is 1. The third kappa shape index (κ3) is 1.19. The highest BCUT2D eigenvalue weighted by molar-refractivity contribution is 9.10. The summed E-state index contributed by atoms with van der Waals surface area (Å²) in [4.78, 5) is 16.8. The largest absolute Gasteiger partial charge is 0.343 e. The lowest BCUT2D eigenvalue weighted by Crippen LogP contribution is -1.89. The summed E-state index contributed by atoms with van der Waals surface area (Å²) in [6, 6.07) is 3.05. The summed E-state index contributed by atoms with van der Waals surface area (Å²) in [7, 11) is 0. The van der Waals surface area contributed by atoms with Crippen molar-refractivity contribution in [2.45, 2.75) is 0 Å². The quantitative estimate of drug-likeness (QED) is 0.615. The molecule has 0 aliphatic carbocycles. The number of aromatic amines is 1. The number of hydrogen-bond donors (Lipinski definition) is 1. The maximum absolute atomic E-state index is 10.6. The number of aromatic nitrogens is 2. The van der Waals surface area contributed by atoms with E-state index >= 15 is 0 Å². The van der Waals surface area contributed by atoms with Crippen LogP contribution in [0.15, 0.2) is 22.9 Å². The normalized spacial score (nSPS) is 10.5. The standard InChI is InChI=1S/C7H4BrN3O2/c8-4-1-2-5(11(12)13)7-6(4)9-3-10-7/h1-3H,(H,9,10). The summed E-state index contributed by atoms with van der Waals surface area (Å²) in [5.41, 5.74) is 1.04. The first-order valence-corrected chi connectivity index (χ1v) is 4.25. The molecule has 0 fully saturated rings. The minimum atomic E-state index is -0.449. The summed E-state index contributed by atoms with van der Waals surface area (Å²) in [5, 5.41) is 10.6. The number of nitro groups is 1. The average molecular weight is 242 g/mol. The fraction of sp³-hybridized carbons (Fsp3) is 0. The maximum atomic E-state index is 10.6. The zero-order valence-corrected chi connectivity index (χ0v) is 7.91. The molecule has 5 nitrogen and oxygen atoms in total. The Balaban J connectivity index is 2.86. The Kier molecular flexibility index (Phi) is 1.77. The van der Waals surface area contributed by atoms with E-state index in [1.54, 1.807) is 6.07 Å². The molecule has 0 radical (unpaired) electrons. The second-order valence-corrected chi connectivity index (χ2v) is 3.30. The molecule has 66 valence electrons. The second kappa shape index (κ2) is 2.81. The van der Waals surface area contributed by atoms with Gasteiger partial charge < -0.3 is 4.98 Å². The molecule has 0 spiro atoms. The third-order valence-corrected chi connectivity index (χ3v) is 2.37. The van der Waals surface area contributed by atoms with Crippen LogP contribution in [0.4, 0.5) is 5.69 Å². The molecule has 0 amide bonds. The molecule has 13 heavy (non-hydrogen) atoms. The van der Waals surface area contributed by atoms with Crippen LogP contribution >= 0.6 is 15.9 Å². The van der Waals surface area contributed by atoms with E-state index in [-0.39, 0.29) is 5.69 Å². The number of nitro benzene ring substituents is 1. The summed E-state index contributed by atoms with van der Waals surface area (Å²) in [6.07, 6.45) is 1.43. The van der Waals surface area contributed by atoms with Gasteiger partial charge in [-0.05, 0) is 22.0 Å². The lowest BCUT2D eigenvalue weighted by atomic mass is 10.3. The first-order valence-electron chi connectivity index (χ1n) is 3.46. The van der Waals surface area contributed by atoms with Crippen molar-refractivity contribution in [3.05, 3.63) is 33.0 Å². The van der Waals surface area contributed by atoms with Gasteiger partial charge in [-0.2, -0.15) is 0 Å². The van der Waals surface area contributed by atoms with Crippen molar-refractivity contribution in [2.24, 2.45) is 0 Å². The van der Waals surface area contributed by atoms with Crippen LogP contribution in [0.3, 0.4) is 0 Å². The number of imidazole rings is 1. The molecule has 0 unspecified atom stereocenters. The van der Waals surface area contributed by atoms with Crippen LogP contribution < -0.4 is 0 Å². The van der Waals surface area contributed by atoms with Gasteiger partial charge in [0.1, 0.15) is 0 Å². The fourth-order valence-electron chi connectivity index (χ4n) is 1.13. The molecule has 0 saturated heterocycles. The van der Waals surface area contributed by atoms with Crippen molar-refractivity contribution in [1.82, 2.24) is 9.97 Å². The Hall–Kier alpha value is -1.43. The smallest absolute Gasteiger partial charge is 0.297 e. The Morgan fingerprint density at radius 2 is 2.31 bits per heavy atom. The van der Waals surface area contributed by atoms with E-state index in [1.165, 1.54) is 12.4 Å². The van der Waals surface area contributed by atoms with Crippen molar-refractivity contribution in [1.29, 1.82) is 0 Å². The number of halogens is 1. The molecule has 0 aliphatic heterocycles. The van der Waals surface area contributed by atoms with Gasteiger partial charge in [-0.3, -0.25) is 10.1 Å². The van der Waals surface area contributed by atoms with Crippen molar-refractivity contribution < 1.29 is 4.92 Å². The summed E-state index contributed by atoms with van der Waals surface area (Å²) in [6.45, 7) is 0. The van der Waals surface area contributed by atoms with Crippen LogP contribution in [0, 0.1) is 10.1 Å². The Morgan fingerprint density at radius 3 is 3.00 bits per heavy atom. The molecule has 0 atom stereocenters. The highest BCUT2D eigenvalue weighted by Crippen LogP contribution is 2.28. The summed E-state index contributed by atoms with van der Waals surface area (Å²) >= 11 is 3.27. The molecule has 6 heteroatoms. The Morgan fingerprint density at radius 1 is 1.54 bits per heavy atom. The number of benzene rings is 1. The highest BCUT2D eigenvalue weighted by atomic mass is 79.9. The molecular formula is C7H4BrN3O2. The third-order valence-electron chi connectivity index (χ3n) is 1.71. The highest BCUT2D eigenvalue weighted by Gasteiger charge is 2.15. The lowest BCUT2D eigenvalue weighted by molar-refractivity contribution is -0.383. The average Bonchev–Trinajstić information content (AvgIpc) is 2.53. The molecule has 1 heterocycles. The Bertz CT molecular complexity index is 480. The molecule has 1 N–H and O–H groups in total. The van der Waals surface area contributed by atoms with E-state index < -0.39 is 4.92 Å². The van der Waals surface area contributed by atoms with Gasteiger partial charge in [-0.15, -0.1) is 0 Å². The molecule has 2 rings (SSSR count). The molecule has 1 aromatic heterocycles. The van der Waals surface area contributed by atoms with Gasteiger partial charge in [0, 0.05) is 10.5 Å². The van der Waals surface area contributed by atoms with Gasteiger partial charge in [0.15, 0.2) is 5.52 Å². The van der Waals surface area contributed by atoms with Crippen LogP contribution in [0.25, 0.3) is 11.0 Å². The van der Waals surface area contributed by atoms with Gasteiger partial charge in [0.25, 0.3) is 5.69 Å². The molecule has 1 aromatic carbocycles. The maximum Gasteiger partial charge on any atom is 0.297 e. The predicted octanol–water partition coefficient (Wildman–Crippen LogP) is 2.23. The summed E-state index contributed by atoms with van der Waals surface area (Å²) in [5.74, 6) is 0. The van der Waals surface area contributed by atoms with Crippen molar-refractivity contribution >= 4 is 32.7 Å². The van der Waals surface area contributed by atoms with Crippen LogP contribution in [-0.2, 0) is 0 Å². The molecule has 2 aromatic rings. The first kappa shape index (κ1) is 8.18. The van der Waals surface area contributed by atoms with Crippen LogP contribution in [0.2, 0.25) is 0 Å². The number of non-ortho nitro benzene ring substituents is 1. The summed E-state index contributed by atoms with van der Waals surface area (Å²) < 4.78 is 0.769. The van der Waals surface area contributed by atoms with E-state index in [9.17, 15) is 10.1 Å². The van der Waals surface area contributed by atoms with Crippen molar-refractivity contribution in [3.8, 4) is 0 Å². The van der Waals surface area contributed by atoms with Crippen molar-refractivity contribution in [3.63, 3.8) is 0 Å². The number of nitrogens with zero attached hydrogens (tertiary/aromatic N) is 2. The van der Waals surface area contributed by atoms with Gasteiger partial charge in [-0.25, -0.2) is 4.98 Å². The molecule has 0 bridgehead atoms. The minimum Gasteiger partial charge on any atom is -0.343 e. The lowest BCUT2D eigenvalue weighted by Gasteiger charge is -1.94. The van der Waals surface area contributed by atoms with E-state index in [0.717, 1.165) is 4.47 Å². The van der Waals surface area contributed by atoms with Gasteiger partial charge in [-0.1, -0.05) is 0 Å². The first-order chi connectivity index (χ1) is 6.20. The number of nitrogens with one attached hydrogen (secondary N) is 1. The van der Waals surface area contributed by atoms with Crippen LogP contribution in [-0.4, -0.2) is 14.9 Å². The SMILES string of the molecule is O=[N+]([O-])c1ccc(Br)c2[nH]cnc12. The molecule has 0 saturated carbocycles. The monoisotopic (exact) mass is 241 g/mol. The van der Waals surface area contributed by atoms with Crippen LogP contribution in [0.1, 0.15) is 0 Å².